The largest absolute Gasteiger partial charge is 0.508 e. The Morgan fingerprint density at radius 1 is 1.29 bits per heavy atom. The fraction of sp³-hybridized carbons (Fsp3) is 0.542. The lowest BCUT2D eigenvalue weighted by molar-refractivity contribution is -0.0158. The van der Waals surface area contributed by atoms with Crippen LogP contribution in [-0.2, 0) is 13.0 Å². The molecular formula is C24H30N2O2. The summed E-state index contributed by atoms with van der Waals surface area (Å²) in [7, 11) is 0. The molecule has 0 radical (unpaired) electrons. The summed E-state index contributed by atoms with van der Waals surface area (Å²) in [4.78, 5) is 0. The van der Waals surface area contributed by atoms with E-state index >= 15 is 0 Å². The van der Waals surface area contributed by atoms with Crippen molar-refractivity contribution in [2.45, 2.75) is 64.5 Å². The molecule has 0 bridgehead atoms. The van der Waals surface area contributed by atoms with Crippen molar-refractivity contribution in [2.75, 3.05) is 0 Å². The van der Waals surface area contributed by atoms with E-state index in [-0.39, 0.29) is 11.5 Å². The van der Waals surface area contributed by atoms with Crippen molar-refractivity contribution in [3.05, 3.63) is 52.9 Å². The SMILES string of the molecule is CCn1nccc1/C=C1\C[C@@H]2[C@@H]3CCc4cc(O)ccc4[C@@H]3CC[C@@]2(C)[C@@H]1O. The Labute approximate surface area is 166 Å². The molecule has 0 unspecified atom stereocenters. The van der Waals surface area contributed by atoms with Gasteiger partial charge in [0.25, 0.3) is 0 Å². The van der Waals surface area contributed by atoms with Crippen LogP contribution in [-0.4, -0.2) is 26.1 Å². The van der Waals surface area contributed by atoms with Gasteiger partial charge in [-0.05, 0) is 97.8 Å². The third-order valence-electron chi connectivity index (χ3n) is 7.96. The second-order valence-electron chi connectivity index (χ2n) is 9.24. The van der Waals surface area contributed by atoms with E-state index in [0.29, 0.717) is 23.5 Å². The Bertz CT molecular complexity index is 930. The summed E-state index contributed by atoms with van der Waals surface area (Å²) in [5.41, 5.74) is 5.01. The summed E-state index contributed by atoms with van der Waals surface area (Å²) >= 11 is 0. The summed E-state index contributed by atoms with van der Waals surface area (Å²) < 4.78 is 2.00. The van der Waals surface area contributed by atoms with Gasteiger partial charge in [0, 0.05) is 18.2 Å². The molecule has 0 amide bonds. The highest BCUT2D eigenvalue weighted by Gasteiger charge is 2.56. The molecule has 0 saturated heterocycles. The lowest BCUT2D eigenvalue weighted by Crippen LogP contribution is -2.44. The van der Waals surface area contributed by atoms with E-state index in [4.69, 9.17) is 0 Å². The molecule has 5 rings (SSSR count). The number of aromatic nitrogens is 2. The van der Waals surface area contributed by atoms with E-state index in [1.54, 1.807) is 0 Å². The smallest absolute Gasteiger partial charge is 0.115 e. The molecule has 4 heteroatoms. The van der Waals surface area contributed by atoms with E-state index < -0.39 is 0 Å². The van der Waals surface area contributed by atoms with Crippen LogP contribution in [0.1, 0.15) is 62.3 Å². The molecule has 0 spiro atoms. The third-order valence-corrected chi connectivity index (χ3v) is 7.96. The zero-order chi connectivity index (χ0) is 19.5. The molecule has 148 valence electrons. The standard InChI is InChI=1S/C24H30N2O2/c1-3-26-17(9-11-25-26)12-16-14-22-21-6-4-15-13-18(27)5-7-19(15)20(21)8-10-24(22,2)23(16)28/h5,7,9,11-13,20-23,27-28H,3-4,6,8,10,14H2,1-2H3/b16-12+/t20-,21+,22+,23+,24+/m0/s1. The van der Waals surface area contributed by atoms with Crippen LogP contribution in [0.5, 0.6) is 5.75 Å². The first-order valence-corrected chi connectivity index (χ1v) is 10.7. The van der Waals surface area contributed by atoms with Gasteiger partial charge >= 0.3 is 0 Å². The molecule has 0 aliphatic heterocycles. The highest BCUT2D eigenvalue weighted by molar-refractivity contribution is 5.53. The summed E-state index contributed by atoms with van der Waals surface area (Å²) in [5, 5.41) is 25.5. The van der Waals surface area contributed by atoms with Gasteiger partial charge in [-0.1, -0.05) is 13.0 Å². The topological polar surface area (TPSA) is 58.3 Å². The number of rotatable bonds is 2. The van der Waals surface area contributed by atoms with E-state index in [9.17, 15) is 10.2 Å². The van der Waals surface area contributed by atoms with Crippen molar-refractivity contribution in [2.24, 2.45) is 17.3 Å². The molecule has 3 aliphatic rings. The lowest BCUT2D eigenvalue weighted by atomic mass is 9.55. The highest BCUT2D eigenvalue weighted by Crippen LogP contribution is 2.62. The number of benzene rings is 1. The maximum absolute atomic E-state index is 11.3. The molecule has 2 fully saturated rings. The number of phenols is 1. The van der Waals surface area contributed by atoms with Crippen LogP contribution in [0.3, 0.4) is 0 Å². The van der Waals surface area contributed by atoms with E-state index in [1.165, 1.54) is 16.7 Å². The third kappa shape index (κ3) is 2.57. The molecule has 1 aromatic heterocycles. The molecule has 4 nitrogen and oxygen atoms in total. The Morgan fingerprint density at radius 3 is 2.96 bits per heavy atom. The van der Waals surface area contributed by atoms with Crippen LogP contribution in [0.4, 0.5) is 0 Å². The minimum Gasteiger partial charge on any atom is -0.508 e. The van der Waals surface area contributed by atoms with Gasteiger partial charge < -0.3 is 10.2 Å². The van der Waals surface area contributed by atoms with E-state index in [0.717, 1.165) is 44.3 Å². The van der Waals surface area contributed by atoms with Crippen molar-refractivity contribution in [1.82, 2.24) is 9.78 Å². The second-order valence-corrected chi connectivity index (χ2v) is 9.24. The Balaban J connectivity index is 1.48. The minimum absolute atomic E-state index is 0.0293. The van der Waals surface area contributed by atoms with Crippen LogP contribution >= 0.6 is 0 Å². The number of hydrogen-bond acceptors (Lipinski definition) is 3. The average Bonchev–Trinajstić information content (AvgIpc) is 3.24. The molecule has 1 heterocycles. The Hall–Kier alpha value is -2.07. The van der Waals surface area contributed by atoms with Gasteiger partial charge in [0.1, 0.15) is 5.75 Å². The monoisotopic (exact) mass is 378 g/mol. The number of aryl methyl sites for hydroxylation is 2. The van der Waals surface area contributed by atoms with Gasteiger partial charge in [0.15, 0.2) is 0 Å². The van der Waals surface area contributed by atoms with Gasteiger partial charge in [-0.25, -0.2) is 0 Å². The first-order chi connectivity index (χ1) is 13.5. The number of aliphatic hydroxyl groups is 1. The van der Waals surface area contributed by atoms with Gasteiger partial charge in [-0.3, -0.25) is 4.68 Å². The number of hydrogen-bond donors (Lipinski definition) is 2. The van der Waals surface area contributed by atoms with Crippen LogP contribution < -0.4 is 0 Å². The molecule has 28 heavy (non-hydrogen) atoms. The normalized spacial score (nSPS) is 35.5. The Morgan fingerprint density at radius 2 is 2.14 bits per heavy atom. The highest BCUT2D eigenvalue weighted by atomic mass is 16.3. The van der Waals surface area contributed by atoms with Gasteiger partial charge in [-0.15, -0.1) is 0 Å². The van der Waals surface area contributed by atoms with Crippen molar-refractivity contribution >= 4 is 6.08 Å². The molecule has 2 N–H and O–H groups in total. The van der Waals surface area contributed by atoms with E-state index in [2.05, 4.69) is 31.1 Å². The maximum atomic E-state index is 11.3. The summed E-state index contributed by atoms with van der Waals surface area (Å²) in [6.45, 7) is 5.25. The molecular weight excluding hydrogens is 348 g/mol. The minimum atomic E-state index is -0.361. The van der Waals surface area contributed by atoms with Gasteiger partial charge in [0.2, 0.25) is 0 Å². The number of fused-ring (bicyclic) bond motifs is 5. The molecule has 2 aromatic rings. The molecule has 3 aliphatic carbocycles. The van der Waals surface area contributed by atoms with Crippen molar-refractivity contribution in [3.63, 3.8) is 0 Å². The number of nitrogens with zero attached hydrogens (tertiary/aromatic N) is 2. The quantitative estimate of drug-likeness (QED) is 0.808. The van der Waals surface area contributed by atoms with Crippen LogP contribution in [0.2, 0.25) is 0 Å². The molecule has 1 aromatic carbocycles. The van der Waals surface area contributed by atoms with Crippen molar-refractivity contribution < 1.29 is 10.2 Å². The first kappa shape index (κ1) is 18.0. The predicted octanol–water partition coefficient (Wildman–Crippen LogP) is 4.52. The van der Waals surface area contributed by atoms with Gasteiger partial charge in [0.05, 0.1) is 11.8 Å². The van der Waals surface area contributed by atoms with E-state index in [1.807, 2.05) is 29.1 Å². The van der Waals surface area contributed by atoms with Crippen molar-refractivity contribution in [1.29, 1.82) is 0 Å². The number of aromatic hydroxyl groups is 1. The maximum Gasteiger partial charge on any atom is 0.115 e. The summed E-state index contributed by atoms with van der Waals surface area (Å²) in [6.07, 6.45) is 9.05. The lowest BCUT2D eigenvalue weighted by Gasteiger charge is -2.49. The molecule has 2 saturated carbocycles. The fourth-order valence-electron chi connectivity index (χ4n) is 6.49. The van der Waals surface area contributed by atoms with Crippen LogP contribution in [0, 0.1) is 17.3 Å². The zero-order valence-electron chi connectivity index (χ0n) is 16.8. The number of aliphatic hydroxyl groups excluding tert-OH is 1. The first-order valence-electron chi connectivity index (χ1n) is 10.7. The van der Waals surface area contributed by atoms with Crippen LogP contribution in [0.25, 0.3) is 6.08 Å². The molecule has 5 atom stereocenters. The predicted molar refractivity (Wildman–Crippen MR) is 110 cm³/mol. The zero-order valence-corrected chi connectivity index (χ0v) is 16.8. The van der Waals surface area contributed by atoms with Gasteiger partial charge in [-0.2, -0.15) is 5.10 Å². The second kappa shape index (κ2) is 6.48. The number of phenolic OH excluding ortho intramolecular Hbond substituents is 1. The van der Waals surface area contributed by atoms with Crippen LogP contribution in [0.15, 0.2) is 36.0 Å². The summed E-state index contributed by atoms with van der Waals surface area (Å²) in [5.74, 6) is 2.09. The van der Waals surface area contributed by atoms with Crippen molar-refractivity contribution in [3.8, 4) is 5.75 Å². The average molecular weight is 379 g/mol. The Kier molecular flexibility index (Phi) is 4.16. The summed E-state index contributed by atoms with van der Waals surface area (Å²) in [6, 6.07) is 7.99. The fourth-order valence-corrected chi connectivity index (χ4v) is 6.49.